The molecular weight excluding hydrogens is 379 g/mol. The number of hydrogen-bond donors (Lipinski definition) is 0. The van der Waals surface area contributed by atoms with Gasteiger partial charge in [-0.1, -0.05) is 36.0 Å². The normalized spacial score (nSPS) is 17.3. The summed E-state index contributed by atoms with van der Waals surface area (Å²) in [6, 6.07) is 3.12. The van der Waals surface area contributed by atoms with Crippen molar-refractivity contribution in [2.24, 2.45) is 0 Å². The summed E-state index contributed by atoms with van der Waals surface area (Å²) in [7, 11) is 1.35. The Labute approximate surface area is 162 Å². The van der Waals surface area contributed by atoms with Crippen LogP contribution in [0.25, 0.3) is 0 Å². The molecule has 1 heterocycles. The summed E-state index contributed by atoms with van der Waals surface area (Å²) in [6.45, 7) is 0.579. The van der Waals surface area contributed by atoms with Gasteiger partial charge in [0.05, 0.1) is 41.4 Å². The van der Waals surface area contributed by atoms with Crippen LogP contribution in [0.5, 0.6) is 0 Å². The molecule has 1 aromatic rings. The topological polar surface area (TPSA) is 66.9 Å². The predicted octanol–water partition coefficient (Wildman–Crippen LogP) is 3.35. The van der Waals surface area contributed by atoms with Crippen molar-refractivity contribution in [1.82, 2.24) is 9.80 Å². The molecule has 2 amide bonds. The third kappa shape index (κ3) is 3.72. The minimum Gasteiger partial charge on any atom is -0.469 e. The molecule has 0 atom stereocenters. The first-order chi connectivity index (χ1) is 12.4. The summed E-state index contributed by atoms with van der Waals surface area (Å²) in [5.41, 5.74) is 0.535. The molecule has 1 aliphatic carbocycles. The van der Waals surface area contributed by atoms with Crippen molar-refractivity contribution in [3.05, 3.63) is 33.3 Å². The van der Waals surface area contributed by atoms with E-state index in [-0.39, 0.29) is 58.1 Å². The molecule has 0 radical (unpaired) electrons. The van der Waals surface area contributed by atoms with Crippen LogP contribution < -0.4 is 0 Å². The lowest BCUT2D eigenvalue weighted by molar-refractivity contribution is -0.141. The molecule has 0 spiro atoms. The molecule has 3 rings (SSSR count). The number of imide groups is 1. The molecule has 1 saturated carbocycles. The molecule has 1 fully saturated rings. The van der Waals surface area contributed by atoms with E-state index in [2.05, 4.69) is 0 Å². The minimum atomic E-state index is -0.385. The summed E-state index contributed by atoms with van der Waals surface area (Å²) < 4.78 is 4.71. The molecule has 0 aromatic heterocycles. The fourth-order valence-electron chi connectivity index (χ4n) is 3.57. The lowest BCUT2D eigenvalue weighted by Crippen LogP contribution is -2.46. The highest BCUT2D eigenvalue weighted by Gasteiger charge is 2.38. The summed E-state index contributed by atoms with van der Waals surface area (Å²) in [5, 5.41) is 0.485. The third-order valence-electron chi connectivity index (χ3n) is 5.01. The fraction of sp³-hybridized carbons (Fsp3) is 0.500. The zero-order chi connectivity index (χ0) is 18.8. The van der Waals surface area contributed by atoms with Gasteiger partial charge >= 0.3 is 5.97 Å². The van der Waals surface area contributed by atoms with Gasteiger partial charge in [-0.05, 0) is 25.0 Å². The monoisotopic (exact) mass is 398 g/mol. The SMILES string of the molecule is COC(=O)CCN(CN1C(=O)c2cc(Cl)c(Cl)cc2C1=O)C1CCCC1. The number of hydrogen-bond acceptors (Lipinski definition) is 5. The molecule has 8 heteroatoms. The van der Waals surface area contributed by atoms with Crippen LogP contribution in [0.4, 0.5) is 0 Å². The Morgan fingerprint density at radius 1 is 1.15 bits per heavy atom. The average Bonchev–Trinajstić information content (AvgIpc) is 3.23. The highest BCUT2D eigenvalue weighted by atomic mass is 35.5. The van der Waals surface area contributed by atoms with Crippen molar-refractivity contribution in [2.75, 3.05) is 20.3 Å². The van der Waals surface area contributed by atoms with Gasteiger partial charge in [0.2, 0.25) is 0 Å². The summed E-state index contributed by atoms with van der Waals surface area (Å²) >= 11 is 12.0. The number of benzene rings is 1. The van der Waals surface area contributed by atoms with Gasteiger partial charge in [-0.15, -0.1) is 0 Å². The van der Waals surface area contributed by atoms with Crippen LogP contribution in [-0.2, 0) is 9.53 Å². The van der Waals surface area contributed by atoms with Gasteiger partial charge in [0.15, 0.2) is 0 Å². The first kappa shape index (κ1) is 19.1. The number of carbonyl (C=O) groups is 3. The van der Waals surface area contributed by atoms with Crippen molar-refractivity contribution in [3.8, 4) is 0 Å². The van der Waals surface area contributed by atoms with Gasteiger partial charge in [0.25, 0.3) is 11.8 Å². The number of carbonyl (C=O) groups excluding carboxylic acids is 3. The largest absolute Gasteiger partial charge is 0.469 e. The van der Waals surface area contributed by atoms with Crippen LogP contribution in [0.15, 0.2) is 12.1 Å². The van der Waals surface area contributed by atoms with E-state index in [9.17, 15) is 14.4 Å². The Hall–Kier alpha value is -1.63. The first-order valence-electron chi connectivity index (χ1n) is 8.58. The first-order valence-corrected chi connectivity index (χ1v) is 9.34. The second kappa shape index (κ2) is 7.94. The highest BCUT2D eigenvalue weighted by molar-refractivity contribution is 6.43. The van der Waals surface area contributed by atoms with E-state index in [1.54, 1.807) is 0 Å². The van der Waals surface area contributed by atoms with Crippen molar-refractivity contribution in [3.63, 3.8) is 0 Å². The third-order valence-corrected chi connectivity index (χ3v) is 5.73. The van der Waals surface area contributed by atoms with E-state index >= 15 is 0 Å². The number of esters is 1. The van der Waals surface area contributed by atoms with Crippen molar-refractivity contribution in [1.29, 1.82) is 0 Å². The van der Waals surface area contributed by atoms with Crippen LogP contribution in [0.2, 0.25) is 10.0 Å². The van der Waals surface area contributed by atoms with Gasteiger partial charge in [-0.25, -0.2) is 0 Å². The van der Waals surface area contributed by atoms with Crippen molar-refractivity contribution >= 4 is 41.0 Å². The number of nitrogens with zero attached hydrogens (tertiary/aromatic N) is 2. The molecule has 1 aromatic carbocycles. The molecule has 6 nitrogen and oxygen atoms in total. The maximum atomic E-state index is 12.7. The fourth-order valence-corrected chi connectivity index (χ4v) is 3.90. The Balaban J connectivity index is 1.79. The van der Waals surface area contributed by atoms with Crippen LogP contribution in [0.3, 0.4) is 0 Å². The number of halogens is 2. The molecule has 0 N–H and O–H groups in total. The Kier molecular flexibility index (Phi) is 5.85. The van der Waals surface area contributed by atoms with Crippen molar-refractivity contribution in [2.45, 2.75) is 38.1 Å². The predicted molar refractivity (Wildman–Crippen MR) is 97.4 cm³/mol. The number of rotatable bonds is 6. The Morgan fingerprint density at radius 3 is 2.19 bits per heavy atom. The molecular formula is C18H20Cl2N2O4. The minimum absolute atomic E-state index is 0.142. The highest BCUT2D eigenvalue weighted by Crippen LogP contribution is 2.32. The van der Waals surface area contributed by atoms with Gasteiger partial charge in [-0.3, -0.25) is 24.2 Å². The quantitative estimate of drug-likeness (QED) is 0.542. The van der Waals surface area contributed by atoms with Gasteiger partial charge in [0, 0.05) is 12.6 Å². The standard InChI is InChI=1S/C18H20Cl2N2O4/c1-26-16(23)6-7-21(11-4-2-3-5-11)10-22-17(24)12-8-14(19)15(20)9-13(12)18(22)25/h8-9,11H,2-7,10H2,1H3. The second-order valence-electron chi connectivity index (χ2n) is 6.57. The maximum Gasteiger partial charge on any atom is 0.306 e. The molecule has 0 bridgehead atoms. The molecule has 1 aliphatic heterocycles. The number of ether oxygens (including phenoxy) is 1. The maximum absolute atomic E-state index is 12.7. The van der Waals surface area contributed by atoms with E-state index in [0.717, 1.165) is 25.7 Å². The molecule has 0 unspecified atom stereocenters. The van der Waals surface area contributed by atoms with Gasteiger partial charge in [0.1, 0.15) is 0 Å². The summed E-state index contributed by atoms with van der Waals surface area (Å²) in [5.74, 6) is -1.08. The Bertz CT molecular complexity index is 706. The van der Waals surface area contributed by atoms with E-state index in [1.165, 1.54) is 24.1 Å². The van der Waals surface area contributed by atoms with Crippen LogP contribution in [0, 0.1) is 0 Å². The summed E-state index contributed by atoms with van der Waals surface area (Å²) in [6.07, 6.45) is 4.40. The second-order valence-corrected chi connectivity index (χ2v) is 7.38. The van der Waals surface area contributed by atoms with Crippen molar-refractivity contribution < 1.29 is 19.1 Å². The Morgan fingerprint density at radius 2 is 1.69 bits per heavy atom. The average molecular weight is 399 g/mol. The zero-order valence-corrected chi connectivity index (χ0v) is 16.0. The van der Waals surface area contributed by atoms with E-state index in [0.29, 0.717) is 6.54 Å². The molecule has 26 heavy (non-hydrogen) atoms. The number of fused-ring (bicyclic) bond motifs is 1. The van der Waals surface area contributed by atoms with Crippen LogP contribution in [0.1, 0.15) is 52.8 Å². The van der Waals surface area contributed by atoms with E-state index in [4.69, 9.17) is 27.9 Å². The zero-order valence-electron chi connectivity index (χ0n) is 14.5. The van der Waals surface area contributed by atoms with E-state index in [1.807, 2.05) is 4.90 Å². The van der Waals surface area contributed by atoms with E-state index < -0.39 is 0 Å². The van der Waals surface area contributed by atoms with Gasteiger partial charge < -0.3 is 4.74 Å². The smallest absolute Gasteiger partial charge is 0.306 e. The number of amides is 2. The van der Waals surface area contributed by atoms with Crippen LogP contribution in [-0.4, -0.2) is 53.9 Å². The van der Waals surface area contributed by atoms with Gasteiger partial charge in [-0.2, -0.15) is 0 Å². The molecule has 0 saturated heterocycles. The summed E-state index contributed by atoms with van der Waals surface area (Å²) in [4.78, 5) is 40.1. The van der Waals surface area contributed by atoms with Crippen LogP contribution >= 0.6 is 23.2 Å². The lowest BCUT2D eigenvalue weighted by Gasteiger charge is -2.31. The lowest BCUT2D eigenvalue weighted by atomic mass is 10.1. The number of methoxy groups -OCH3 is 1. The molecule has 140 valence electrons. The molecule has 2 aliphatic rings.